The zero-order chi connectivity index (χ0) is 19.3. The van der Waals surface area contributed by atoms with Crippen LogP contribution in [0.2, 0.25) is 5.02 Å². The molecule has 2 aromatic carbocycles. The number of benzene rings is 2. The Bertz CT molecular complexity index is 855. The van der Waals surface area contributed by atoms with E-state index in [9.17, 15) is 25.3 Å². The molecule has 1 atom stereocenters. The fourth-order valence-corrected chi connectivity index (χ4v) is 2.45. The van der Waals surface area contributed by atoms with Gasteiger partial charge in [-0.2, -0.15) is 5.10 Å². The van der Waals surface area contributed by atoms with Crippen LogP contribution < -0.4 is 5.43 Å². The number of halogens is 1. The highest BCUT2D eigenvalue weighted by Gasteiger charge is 2.23. The van der Waals surface area contributed by atoms with E-state index in [1.165, 1.54) is 0 Å². The lowest BCUT2D eigenvalue weighted by molar-refractivity contribution is -0.393. The summed E-state index contributed by atoms with van der Waals surface area (Å²) >= 11 is 5.97. The van der Waals surface area contributed by atoms with Crippen molar-refractivity contribution in [2.45, 2.75) is 19.4 Å². The molecule has 0 radical (unpaired) electrons. The zero-order valence-electron chi connectivity index (χ0n) is 13.6. The summed E-state index contributed by atoms with van der Waals surface area (Å²) in [5.41, 5.74) is 2.44. The topological polar surface area (TPSA) is 131 Å². The molecule has 0 spiro atoms. The summed E-state index contributed by atoms with van der Waals surface area (Å²) in [5.74, 6) is 0. The number of non-ortho nitro benzene ring substituents is 1. The highest BCUT2D eigenvalue weighted by molar-refractivity contribution is 6.34. The van der Waals surface area contributed by atoms with Crippen molar-refractivity contribution in [3.63, 3.8) is 0 Å². The average Bonchev–Trinajstić information content (AvgIpc) is 2.59. The minimum absolute atomic E-state index is 0.165. The number of aliphatic hydroxyl groups excluding tert-OH is 1. The van der Waals surface area contributed by atoms with E-state index in [0.29, 0.717) is 11.3 Å². The van der Waals surface area contributed by atoms with Gasteiger partial charge in [-0.25, -0.2) is 0 Å². The van der Waals surface area contributed by atoms with E-state index in [1.807, 2.05) is 6.07 Å². The van der Waals surface area contributed by atoms with Crippen molar-refractivity contribution in [2.24, 2.45) is 5.10 Å². The second kappa shape index (κ2) is 8.37. The van der Waals surface area contributed by atoms with Crippen LogP contribution >= 0.6 is 11.6 Å². The molecule has 0 bridgehead atoms. The molecule has 0 aromatic heterocycles. The molecule has 0 heterocycles. The van der Waals surface area contributed by atoms with Crippen molar-refractivity contribution in [3.05, 3.63) is 73.3 Å². The standard InChI is InChI=1S/C16H15ClN4O5/c1-10(22)7-14(11-5-3-2-4-6-11)18-19-16-13(17)8-12(20(23)24)9-15(16)21(25)26/h2-6,8-10,19,22H,7H2,1H3/b18-14+. The number of hydrogen-bond donors (Lipinski definition) is 2. The van der Waals surface area contributed by atoms with Crippen molar-refractivity contribution in [1.29, 1.82) is 0 Å². The monoisotopic (exact) mass is 378 g/mol. The third-order valence-corrected chi connectivity index (χ3v) is 3.66. The molecule has 1 unspecified atom stereocenters. The molecule has 10 heteroatoms. The Kier molecular flexibility index (Phi) is 6.21. The van der Waals surface area contributed by atoms with E-state index in [-0.39, 0.29) is 17.1 Å². The van der Waals surface area contributed by atoms with Crippen LogP contribution in [0.4, 0.5) is 17.1 Å². The molecule has 9 nitrogen and oxygen atoms in total. The van der Waals surface area contributed by atoms with Gasteiger partial charge in [-0.05, 0) is 12.5 Å². The molecular formula is C16H15ClN4O5. The molecule has 26 heavy (non-hydrogen) atoms. The number of hydrogen-bond acceptors (Lipinski definition) is 7. The van der Waals surface area contributed by atoms with E-state index < -0.39 is 27.3 Å². The lowest BCUT2D eigenvalue weighted by Gasteiger charge is -2.11. The highest BCUT2D eigenvalue weighted by Crippen LogP contribution is 2.36. The number of aliphatic hydroxyl groups is 1. The van der Waals surface area contributed by atoms with Gasteiger partial charge in [0.05, 0.1) is 32.8 Å². The van der Waals surface area contributed by atoms with Crippen molar-refractivity contribution in [3.8, 4) is 0 Å². The Morgan fingerprint density at radius 1 is 1.23 bits per heavy atom. The van der Waals surface area contributed by atoms with E-state index in [4.69, 9.17) is 11.6 Å². The molecule has 2 rings (SSSR count). The molecule has 0 fully saturated rings. The van der Waals surface area contributed by atoms with E-state index in [0.717, 1.165) is 12.1 Å². The Hall–Kier alpha value is -3.04. The summed E-state index contributed by atoms with van der Waals surface area (Å²) in [6, 6.07) is 10.7. The minimum atomic E-state index is -0.784. The average molecular weight is 379 g/mol. The number of hydrazone groups is 1. The third-order valence-electron chi connectivity index (χ3n) is 3.36. The van der Waals surface area contributed by atoms with Gasteiger partial charge >= 0.3 is 5.69 Å². The Balaban J connectivity index is 2.46. The van der Waals surface area contributed by atoms with Crippen LogP contribution in [0.25, 0.3) is 0 Å². The van der Waals surface area contributed by atoms with Gasteiger partial charge in [0, 0.05) is 12.5 Å². The summed E-state index contributed by atoms with van der Waals surface area (Å²) < 4.78 is 0. The van der Waals surface area contributed by atoms with Gasteiger partial charge in [0.15, 0.2) is 5.69 Å². The first-order chi connectivity index (χ1) is 12.3. The predicted molar refractivity (Wildman–Crippen MR) is 97.7 cm³/mol. The fraction of sp³-hybridized carbons (Fsp3) is 0.188. The summed E-state index contributed by atoms with van der Waals surface area (Å²) in [4.78, 5) is 20.5. The van der Waals surface area contributed by atoms with Crippen molar-refractivity contribution < 1.29 is 15.0 Å². The maximum absolute atomic E-state index is 11.2. The second-order valence-corrected chi connectivity index (χ2v) is 5.83. The molecule has 0 aliphatic rings. The Labute approximate surface area is 153 Å². The number of nitro benzene ring substituents is 2. The van der Waals surface area contributed by atoms with Crippen molar-refractivity contribution >= 4 is 34.4 Å². The van der Waals surface area contributed by atoms with Gasteiger partial charge in [0.1, 0.15) is 0 Å². The maximum Gasteiger partial charge on any atom is 0.302 e. The Morgan fingerprint density at radius 2 is 1.88 bits per heavy atom. The minimum Gasteiger partial charge on any atom is -0.393 e. The summed E-state index contributed by atoms with van der Waals surface area (Å²) in [6.45, 7) is 1.58. The van der Waals surface area contributed by atoms with Crippen LogP contribution in [0.1, 0.15) is 18.9 Å². The first-order valence-corrected chi connectivity index (χ1v) is 7.85. The molecule has 0 aliphatic heterocycles. The van der Waals surface area contributed by atoms with Crippen LogP contribution in [0.3, 0.4) is 0 Å². The molecule has 2 aromatic rings. The van der Waals surface area contributed by atoms with Gasteiger partial charge in [-0.15, -0.1) is 0 Å². The number of anilines is 1. The first kappa shape index (κ1) is 19.3. The number of nitrogens with one attached hydrogen (secondary N) is 1. The molecule has 0 amide bonds. The number of rotatable bonds is 7. The first-order valence-electron chi connectivity index (χ1n) is 7.48. The van der Waals surface area contributed by atoms with Gasteiger partial charge in [-0.1, -0.05) is 41.9 Å². The van der Waals surface area contributed by atoms with Crippen LogP contribution in [-0.2, 0) is 0 Å². The second-order valence-electron chi connectivity index (χ2n) is 5.43. The molecule has 0 aliphatic carbocycles. The quantitative estimate of drug-likeness (QED) is 0.428. The molecule has 136 valence electrons. The van der Waals surface area contributed by atoms with Gasteiger partial charge in [-0.3, -0.25) is 25.7 Å². The van der Waals surface area contributed by atoms with E-state index in [2.05, 4.69) is 10.5 Å². The van der Waals surface area contributed by atoms with Crippen LogP contribution in [-0.4, -0.2) is 26.8 Å². The summed E-state index contributed by atoms with van der Waals surface area (Å²) in [6.07, 6.45) is -0.506. The molecule has 2 N–H and O–H groups in total. The van der Waals surface area contributed by atoms with Crippen LogP contribution in [0.5, 0.6) is 0 Å². The summed E-state index contributed by atoms with van der Waals surface area (Å²) in [5, 5.41) is 35.7. The van der Waals surface area contributed by atoms with Crippen LogP contribution in [0, 0.1) is 20.2 Å². The van der Waals surface area contributed by atoms with Gasteiger partial charge < -0.3 is 5.11 Å². The lowest BCUT2D eigenvalue weighted by Crippen LogP contribution is -2.13. The van der Waals surface area contributed by atoms with Gasteiger partial charge in [0.25, 0.3) is 5.69 Å². The molecule has 0 saturated carbocycles. The smallest absolute Gasteiger partial charge is 0.302 e. The van der Waals surface area contributed by atoms with E-state index in [1.54, 1.807) is 31.2 Å². The zero-order valence-corrected chi connectivity index (χ0v) is 14.4. The lowest BCUT2D eigenvalue weighted by atomic mass is 10.1. The Morgan fingerprint density at radius 3 is 2.42 bits per heavy atom. The number of nitrogens with zero attached hydrogens (tertiary/aromatic N) is 3. The predicted octanol–water partition coefficient (Wildman–Crippen LogP) is 3.74. The van der Waals surface area contributed by atoms with Gasteiger partial charge in [0.2, 0.25) is 0 Å². The SMILES string of the molecule is CC(O)C/C(=N\Nc1c(Cl)cc([N+](=O)[O-])cc1[N+](=O)[O-])c1ccccc1. The number of nitro groups is 2. The van der Waals surface area contributed by atoms with Crippen LogP contribution in [0.15, 0.2) is 47.6 Å². The fourth-order valence-electron chi connectivity index (χ4n) is 2.20. The maximum atomic E-state index is 11.2. The molecular weight excluding hydrogens is 364 g/mol. The summed E-state index contributed by atoms with van der Waals surface area (Å²) in [7, 11) is 0. The third kappa shape index (κ3) is 4.74. The largest absolute Gasteiger partial charge is 0.393 e. The molecule has 0 saturated heterocycles. The van der Waals surface area contributed by atoms with E-state index >= 15 is 0 Å². The van der Waals surface area contributed by atoms with Crippen molar-refractivity contribution in [2.75, 3.05) is 5.43 Å². The highest BCUT2D eigenvalue weighted by atomic mass is 35.5. The van der Waals surface area contributed by atoms with Crippen molar-refractivity contribution in [1.82, 2.24) is 0 Å². The normalized spacial score (nSPS) is 12.5.